The van der Waals surface area contributed by atoms with E-state index in [-0.39, 0.29) is 55.8 Å². The molecule has 2 aromatic heterocycles. The fourth-order valence-corrected chi connectivity index (χ4v) is 9.90. The van der Waals surface area contributed by atoms with Gasteiger partial charge in [-0.15, -0.1) is 0 Å². The van der Waals surface area contributed by atoms with E-state index < -0.39 is 85.9 Å². The van der Waals surface area contributed by atoms with E-state index in [0.29, 0.717) is 56.0 Å². The standard InChI is InChI=1S/C39H50F2N6O9S/c1-5-22(2)47(36(51)52)26-12-10-8-6-7-9-11-23-19-39(23,35(50)45-57(53,54)37(3)17-18-37)44-33(48)27-20-38(21-46(27)34(26)49)16-15-24-29-25(13-14-28(43-29)55-4)42-30(32(40)41)31(24)56-38/h9,11,13-14,22-23,26-27,32H,5-8,10,12,15-21H2,1-4H3,(H,44,48)(H,45,50)(H,51,52)/b11-9-/t22?,23-,26+,27+,38-,39-/m1/s1. The van der Waals surface area contributed by atoms with Crippen molar-refractivity contribution in [1.29, 1.82) is 0 Å². The molecule has 2 saturated carbocycles. The summed E-state index contributed by atoms with van der Waals surface area (Å²) in [7, 11) is -2.65. The lowest BCUT2D eigenvalue weighted by Gasteiger charge is -2.38. The molecular weight excluding hydrogens is 767 g/mol. The molecule has 6 atom stereocenters. The van der Waals surface area contributed by atoms with Gasteiger partial charge in [-0.2, -0.15) is 0 Å². The molecule has 310 valence electrons. The van der Waals surface area contributed by atoms with Crippen molar-refractivity contribution in [3.63, 3.8) is 0 Å². The molecule has 1 saturated heterocycles. The molecule has 18 heteroatoms. The van der Waals surface area contributed by atoms with Crippen LogP contribution in [0.5, 0.6) is 11.6 Å². The van der Waals surface area contributed by atoms with Gasteiger partial charge in [0.2, 0.25) is 27.7 Å². The molecule has 2 aliphatic carbocycles. The molecule has 1 unspecified atom stereocenters. The lowest BCUT2D eigenvalue weighted by Crippen LogP contribution is -2.59. The Morgan fingerprint density at radius 1 is 1.16 bits per heavy atom. The second kappa shape index (κ2) is 15.0. The first-order valence-corrected chi connectivity index (χ1v) is 21.2. The first-order valence-electron chi connectivity index (χ1n) is 19.7. The van der Waals surface area contributed by atoms with Gasteiger partial charge in [-0.1, -0.05) is 31.9 Å². The number of nitrogens with zero attached hydrogens (tertiary/aromatic N) is 4. The Bertz CT molecular complexity index is 2120. The fraction of sp³-hybridized carbons (Fsp3) is 0.641. The SMILES string of the molecule is CCC(C)N(C(=O)O)[C@H]1CCCCC/C=C\[C@@H]2C[C@@]2(C(=O)NS(=O)(=O)C2(C)CC2)NC(=O)[C@@H]2C[C@]3(CCc4c(c(C(F)F)nc5ccc(OC)nc45)O3)CN2C1=O. The largest absolute Gasteiger partial charge is 0.483 e. The van der Waals surface area contributed by atoms with Crippen LogP contribution in [0.4, 0.5) is 13.6 Å². The zero-order valence-electron chi connectivity index (χ0n) is 32.6. The Hall–Kier alpha value is -4.61. The van der Waals surface area contributed by atoms with Crippen molar-refractivity contribution < 1.29 is 51.0 Å². The van der Waals surface area contributed by atoms with Crippen molar-refractivity contribution in [1.82, 2.24) is 29.8 Å². The van der Waals surface area contributed by atoms with Crippen LogP contribution in [0.3, 0.4) is 0 Å². The maximum Gasteiger partial charge on any atom is 0.408 e. The number of amides is 4. The summed E-state index contributed by atoms with van der Waals surface area (Å²) in [6.07, 6.45) is 3.44. The maximum absolute atomic E-state index is 14.9. The van der Waals surface area contributed by atoms with E-state index in [9.17, 15) is 41.5 Å². The first kappa shape index (κ1) is 40.6. The number of carbonyl (C=O) groups excluding carboxylic acids is 3. The van der Waals surface area contributed by atoms with Gasteiger partial charge in [0.15, 0.2) is 5.75 Å². The zero-order chi connectivity index (χ0) is 41.1. The topological polar surface area (TPSA) is 197 Å². The number of sulfonamides is 1. The number of methoxy groups -OCH3 is 1. The molecule has 15 nitrogen and oxygen atoms in total. The minimum absolute atomic E-state index is 0.110. The third-order valence-corrected chi connectivity index (χ3v) is 14.8. The molecule has 5 aliphatic rings. The molecule has 4 amide bonds. The van der Waals surface area contributed by atoms with E-state index >= 15 is 0 Å². The normalized spacial score (nSPS) is 29.5. The van der Waals surface area contributed by atoms with Crippen molar-refractivity contribution in [2.45, 2.75) is 138 Å². The summed E-state index contributed by atoms with van der Waals surface area (Å²) in [5.74, 6) is -2.80. The number of allylic oxidation sites excluding steroid dienone is 1. The number of carboxylic acid groups (broad SMARTS) is 1. The predicted molar refractivity (Wildman–Crippen MR) is 202 cm³/mol. The number of aromatic nitrogens is 2. The molecule has 0 bridgehead atoms. The van der Waals surface area contributed by atoms with Crippen LogP contribution in [0.2, 0.25) is 0 Å². The third-order valence-electron chi connectivity index (χ3n) is 12.7. The number of aryl methyl sites for hydroxylation is 1. The Morgan fingerprint density at radius 2 is 1.91 bits per heavy atom. The monoisotopic (exact) mass is 816 g/mol. The van der Waals surface area contributed by atoms with Crippen molar-refractivity contribution in [3.8, 4) is 11.6 Å². The Morgan fingerprint density at radius 3 is 2.58 bits per heavy atom. The quantitative estimate of drug-likeness (QED) is 0.310. The number of hydrogen-bond acceptors (Lipinski definition) is 10. The number of fused-ring (bicyclic) bond motifs is 5. The summed E-state index contributed by atoms with van der Waals surface area (Å²) >= 11 is 0. The Labute approximate surface area is 330 Å². The lowest BCUT2D eigenvalue weighted by molar-refractivity contribution is -0.144. The van der Waals surface area contributed by atoms with Crippen molar-refractivity contribution >= 4 is 44.9 Å². The van der Waals surface area contributed by atoms with E-state index in [4.69, 9.17) is 9.47 Å². The predicted octanol–water partition coefficient (Wildman–Crippen LogP) is 4.78. The van der Waals surface area contributed by atoms with Gasteiger partial charge >= 0.3 is 6.09 Å². The number of ether oxygens (including phenoxy) is 2. The van der Waals surface area contributed by atoms with E-state index in [1.807, 2.05) is 13.0 Å². The van der Waals surface area contributed by atoms with Crippen LogP contribution in [0.1, 0.15) is 109 Å². The van der Waals surface area contributed by atoms with E-state index in [0.717, 1.165) is 4.90 Å². The number of hydrogen-bond donors (Lipinski definition) is 3. The third kappa shape index (κ3) is 7.37. The summed E-state index contributed by atoms with van der Waals surface area (Å²) in [4.78, 5) is 67.5. The number of nitrogens with one attached hydrogen (secondary N) is 2. The molecule has 3 N–H and O–H groups in total. The van der Waals surface area contributed by atoms with Gasteiger partial charge in [-0.25, -0.2) is 32.0 Å². The number of halogens is 2. The molecule has 1 spiro atoms. The summed E-state index contributed by atoms with van der Waals surface area (Å²) in [6.45, 7) is 4.80. The van der Waals surface area contributed by atoms with Crippen LogP contribution in [-0.2, 0) is 30.8 Å². The molecule has 2 aromatic rings. The lowest BCUT2D eigenvalue weighted by atomic mass is 9.88. The smallest absolute Gasteiger partial charge is 0.408 e. The maximum atomic E-state index is 14.9. The number of carbonyl (C=O) groups is 4. The van der Waals surface area contributed by atoms with Crippen LogP contribution in [0, 0.1) is 5.92 Å². The average molecular weight is 817 g/mol. The van der Waals surface area contributed by atoms with Gasteiger partial charge in [0.05, 0.1) is 29.4 Å². The molecule has 7 rings (SSSR count). The molecule has 57 heavy (non-hydrogen) atoms. The minimum Gasteiger partial charge on any atom is -0.483 e. The van der Waals surface area contributed by atoms with Crippen molar-refractivity contribution in [2.75, 3.05) is 13.7 Å². The Balaban J connectivity index is 1.29. The minimum atomic E-state index is -4.07. The average Bonchev–Trinajstić information content (AvgIpc) is 4.06. The molecule has 3 fully saturated rings. The van der Waals surface area contributed by atoms with Crippen LogP contribution in [0.15, 0.2) is 24.3 Å². The molecule has 3 aliphatic heterocycles. The van der Waals surface area contributed by atoms with Gasteiger partial charge in [-0.3, -0.25) is 24.0 Å². The van der Waals surface area contributed by atoms with E-state index in [1.165, 1.54) is 24.1 Å². The van der Waals surface area contributed by atoms with E-state index in [2.05, 4.69) is 20.0 Å². The summed E-state index contributed by atoms with van der Waals surface area (Å²) < 4.78 is 68.8. The molecule has 5 heterocycles. The van der Waals surface area contributed by atoms with Gasteiger partial charge in [0.1, 0.15) is 28.9 Å². The highest BCUT2D eigenvalue weighted by Gasteiger charge is 2.64. The highest BCUT2D eigenvalue weighted by atomic mass is 32.2. The summed E-state index contributed by atoms with van der Waals surface area (Å²) in [6, 6.07) is -0.0434. The number of pyridine rings is 2. The summed E-state index contributed by atoms with van der Waals surface area (Å²) in [5, 5.41) is 13.3. The van der Waals surface area contributed by atoms with E-state index in [1.54, 1.807) is 19.9 Å². The van der Waals surface area contributed by atoms with Crippen molar-refractivity contribution in [3.05, 3.63) is 35.5 Å². The first-order chi connectivity index (χ1) is 27.0. The van der Waals surface area contributed by atoms with Crippen molar-refractivity contribution in [2.24, 2.45) is 5.92 Å². The van der Waals surface area contributed by atoms with Crippen LogP contribution in [0.25, 0.3) is 11.0 Å². The van der Waals surface area contributed by atoms with Gasteiger partial charge in [0.25, 0.3) is 12.3 Å². The second-order valence-electron chi connectivity index (χ2n) is 16.5. The van der Waals surface area contributed by atoms with Gasteiger partial charge < -0.3 is 24.8 Å². The summed E-state index contributed by atoms with van der Waals surface area (Å²) in [5.41, 5.74) is -2.76. The second-order valence-corrected chi connectivity index (χ2v) is 18.7. The molecular formula is C39H50F2N6O9S. The highest BCUT2D eigenvalue weighted by molar-refractivity contribution is 7.91. The molecule has 0 aromatic carbocycles. The number of alkyl halides is 2. The van der Waals surface area contributed by atoms with Gasteiger partial charge in [-0.05, 0) is 77.7 Å². The van der Waals surface area contributed by atoms with Crippen LogP contribution < -0.4 is 19.5 Å². The highest BCUT2D eigenvalue weighted by Crippen LogP contribution is 2.50. The molecule has 0 radical (unpaired) electrons. The zero-order valence-corrected chi connectivity index (χ0v) is 33.4. The number of rotatable bonds is 8. The Kier molecular flexibility index (Phi) is 10.7. The van der Waals surface area contributed by atoms with Crippen LogP contribution in [-0.4, -0.2) is 105 Å². The van der Waals surface area contributed by atoms with Gasteiger partial charge in [0, 0.05) is 30.0 Å². The fourth-order valence-electron chi connectivity index (χ4n) is 8.59. The van der Waals surface area contributed by atoms with Crippen LogP contribution >= 0.6 is 0 Å².